The zero-order valence-electron chi connectivity index (χ0n) is 9.22. The van der Waals surface area contributed by atoms with Crippen LogP contribution in [0.2, 0.25) is 5.02 Å². The molecule has 92 valence electrons. The summed E-state index contributed by atoms with van der Waals surface area (Å²) in [7, 11) is 0. The Morgan fingerprint density at radius 3 is 2.39 bits per heavy atom. The number of hydrogen-bond donors (Lipinski definition) is 3. The van der Waals surface area contributed by atoms with Gasteiger partial charge in [-0.1, -0.05) is 17.7 Å². The molecule has 0 saturated heterocycles. The van der Waals surface area contributed by atoms with Crippen molar-refractivity contribution in [3.05, 3.63) is 53.1 Å². The van der Waals surface area contributed by atoms with E-state index in [2.05, 4.69) is 5.32 Å². The number of amides is 1. The Morgan fingerprint density at radius 1 is 1.06 bits per heavy atom. The highest BCUT2D eigenvalue weighted by Gasteiger charge is 2.13. The highest BCUT2D eigenvalue weighted by Crippen LogP contribution is 2.28. The lowest BCUT2D eigenvalue weighted by Crippen LogP contribution is -2.11. The monoisotopic (exact) mass is 263 g/mol. The Hall–Kier alpha value is -2.20. The quantitative estimate of drug-likeness (QED) is 0.730. The molecule has 0 fully saturated rings. The first kappa shape index (κ1) is 12.3. The first-order valence-electron chi connectivity index (χ1n) is 5.16. The van der Waals surface area contributed by atoms with Crippen molar-refractivity contribution in [1.82, 2.24) is 0 Å². The largest absolute Gasteiger partial charge is 0.504 e. The van der Waals surface area contributed by atoms with E-state index in [0.29, 0.717) is 10.7 Å². The molecule has 2 aromatic carbocycles. The summed E-state index contributed by atoms with van der Waals surface area (Å²) in [5.41, 5.74) is 0.553. The van der Waals surface area contributed by atoms with Crippen molar-refractivity contribution in [3.8, 4) is 11.5 Å². The fraction of sp³-hybridized carbons (Fsp3) is 0. The maximum Gasteiger partial charge on any atom is 0.259 e. The molecule has 1 amide bonds. The smallest absolute Gasteiger partial charge is 0.259 e. The van der Waals surface area contributed by atoms with E-state index in [1.54, 1.807) is 24.3 Å². The lowest BCUT2D eigenvalue weighted by Gasteiger charge is -2.07. The van der Waals surface area contributed by atoms with Crippen LogP contribution in [0.1, 0.15) is 10.4 Å². The fourth-order valence-corrected chi connectivity index (χ4v) is 1.57. The van der Waals surface area contributed by atoms with Crippen LogP contribution >= 0.6 is 11.6 Å². The number of hydrogen-bond acceptors (Lipinski definition) is 3. The van der Waals surface area contributed by atoms with E-state index in [4.69, 9.17) is 11.6 Å². The number of carbonyl (C=O) groups is 1. The van der Waals surface area contributed by atoms with E-state index in [1.807, 2.05) is 0 Å². The number of carbonyl (C=O) groups excluding carboxylic acids is 1. The van der Waals surface area contributed by atoms with Crippen molar-refractivity contribution in [2.75, 3.05) is 5.32 Å². The first-order valence-corrected chi connectivity index (χ1v) is 5.53. The van der Waals surface area contributed by atoms with E-state index in [0.717, 1.165) is 0 Å². The maximum absolute atomic E-state index is 11.9. The summed E-state index contributed by atoms with van der Waals surface area (Å²) in [6.07, 6.45) is 0. The third-order valence-corrected chi connectivity index (χ3v) is 2.61. The Balaban J connectivity index is 2.22. The zero-order valence-corrected chi connectivity index (χ0v) is 9.98. The number of phenols is 2. The second kappa shape index (κ2) is 4.98. The molecule has 0 radical (unpaired) electrons. The van der Waals surface area contributed by atoms with Crippen LogP contribution < -0.4 is 5.32 Å². The van der Waals surface area contributed by atoms with Crippen LogP contribution in [0.4, 0.5) is 5.69 Å². The van der Waals surface area contributed by atoms with E-state index in [1.165, 1.54) is 18.2 Å². The lowest BCUT2D eigenvalue weighted by molar-refractivity contribution is 0.102. The third-order valence-electron chi connectivity index (χ3n) is 2.36. The molecule has 3 N–H and O–H groups in total. The molecular weight excluding hydrogens is 254 g/mol. The van der Waals surface area contributed by atoms with Crippen LogP contribution in [0.3, 0.4) is 0 Å². The summed E-state index contributed by atoms with van der Waals surface area (Å²) in [6.45, 7) is 0. The minimum atomic E-state index is -0.509. The highest BCUT2D eigenvalue weighted by molar-refractivity contribution is 6.30. The standard InChI is InChI=1S/C13H10ClNO3/c14-8-4-6-9(7-5-8)15-13(18)10-2-1-3-11(16)12(10)17/h1-7,16-17H,(H,15,18). The third kappa shape index (κ3) is 2.55. The van der Waals surface area contributed by atoms with E-state index in [9.17, 15) is 15.0 Å². The minimum absolute atomic E-state index is 0.00458. The summed E-state index contributed by atoms with van der Waals surface area (Å²) in [5, 5.41) is 22.0. The molecule has 4 nitrogen and oxygen atoms in total. The summed E-state index contributed by atoms with van der Waals surface area (Å²) in [6, 6.07) is 10.7. The van der Waals surface area contributed by atoms with Crippen molar-refractivity contribution >= 4 is 23.2 Å². The van der Waals surface area contributed by atoms with Gasteiger partial charge >= 0.3 is 0 Å². The second-order valence-electron chi connectivity index (χ2n) is 3.63. The number of aromatic hydroxyl groups is 2. The number of para-hydroxylation sites is 1. The molecule has 0 spiro atoms. The average Bonchev–Trinajstić information content (AvgIpc) is 2.35. The maximum atomic E-state index is 11.9. The predicted octanol–water partition coefficient (Wildman–Crippen LogP) is 3.00. The molecule has 0 unspecified atom stereocenters. The van der Waals surface area contributed by atoms with Gasteiger partial charge in [0.25, 0.3) is 5.91 Å². The predicted molar refractivity (Wildman–Crippen MR) is 69.2 cm³/mol. The molecule has 0 aliphatic rings. The van der Waals surface area contributed by atoms with Gasteiger partial charge in [0, 0.05) is 10.7 Å². The van der Waals surface area contributed by atoms with Crippen LogP contribution in [0, 0.1) is 0 Å². The van der Waals surface area contributed by atoms with Gasteiger partial charge in [-0.2, -0.15) is 0 Å². The number of benzene rings is 2. The Morgan fingerprint density at radius 2 is 1.72 bits per heavy atom. The zero-order chi connectivity index (χ0) is 13.1. The van der Waals surface area contributed by atoms with E-state index in [-0.39, 0.29) is 11.3 Å². The molecule has 0 saturated carbocycles. The Bertz CT molecular complexity index is 581. The van der Waals surface area contributed by atoms with Gasteiger partial charge in [-0.3, -0.25) is 4.79 Å². The number of phenolic OH excluding ortho intramolecular Hbond substituents is 2. The number of nitrogens with one attached hydrogen (secondary N) is 1. The van der Waals surface area contributed by atoms with Crippen LogP contribution in [0.15, 0.2) is 42.5 Å². The van der Waals surface area contributed by atoms with Gasteiger partial charge in [-0.25, -0.2) is 0 Å². The summed E-state index contributed by atoms with van der Waals surface area (Å²) in [4.78, 5) is 11.9. The van der Waals surface area contributed by atoms with Gasteiger partial charge < -0.3 is 15.5 Å². The number of halogens is 1. The van der Waals surface area contributed by atoms with Crippen LogP contribution in [-0.4, -0.2) is 16.1 Å². The fourth-order valence-electron chi connectivity index (χ4n) is 1.45. The molecule has 0 bridgehead atoms. The van der Waals surface area contributed by atoms with Gasteiger partial charge in [0.1, 0.15) is 0 Å². The van der Waals surface area contributed by atoms with E-state index >= 15 is 0 Å². The SMILES string of the molecule is O=C(Nc1ccc(Cl)cc1)c1cccc(O)c1O. The molecular formula is C13H10ClNO3. The normalized spacial score (nSPS) is 10.1. The molecule has 0 atom stereocenters. The van der Waals surface area contributed by atoms with Crippen LogP contribution in [0.25, 0.3) is 0 Å². The van der Waals surface area contributed by atoms with Gasteiger partial charge in [0.15, 0.2) is 11.5 Å². The van der Waals surface area contributed by atoms with Crippen molar-refractivity contribution in [2.24, 2.45) is 0 Å². The van der Waals surface area contributed by atoms with E-state index < -0.39 is 11.7 Å². The first-order chi connectivity index (χ1) is 8.58. The van der Waals surface area contributed by atoms with Crippen LogP contribution in [0.5, 0.6) is 11.5 Å². The molecule has 5 heteroatoms. The van der Waals surface area contributed by atoms with Crippen LogP contribution in [-0.2, 0) is 0 Å². The molecule has 0 heterocycles. The average molecular weight is 264 g/mol. The summed E-state index contributed by atoms with van der Waals surface area (Å²) in [5.74, 6) is -1.28. The number of anilines is 1. The van der Waals surface area contributed by atoms with Gasteiger partial charge in [-0.05, 0) is 36.4 Å². The van der Waals surface area contributed by atoms with Gasteiger partial charge in [-0.15, -0.1) is 0 Å². The molecule has 2 aromatic rings. The Kier molecular flexibility index (Phi) is 3.39. The molecule has 18 heavy (non-hydrogen) atoms. The van der Waals surface area contributed by atoms with Crippen molar-refractivity contribution in [1.29, 1.82) is 0 Å². The van der Waals surface area contributed by atoms with Crippen molar-refractivity contribution in [2.45, 2.75) is 0 Å². The van der Waals surface area contributed by atoms with Gasteiger partial charge in [0.05, 0.1) is 5.56 Å². The molecule has 0 aliphatic carbocycles. The molecule has 0 aliphatic heterocycles. The number of rotatable bonds is 2. The summed E-state index contributed by atoms with van der Waals surface area (Å²) < 4.78 is 0. The molecule has 0 aromatic heterocycles. The second-order valence-corrected chi connectivity index (χ2v) is 4.07. The topological polar surface area (TPSA) is 69.6 Å². The molecule has 2 rings (SSSR count). The Labute approximate surface area is 108 Å². The minimum Gasteiger partial charge on any atom is -0.504 e. The van der Waals surface area contributed by atoms with Crippen molar-refractivity contribution in [3.63, 3.8) is 0 Å². The van der Waals surface area contributed by atoms with Crippen molar-refractivity contribution < 1.29 is 15.0 Å². The van der Waals surface area contributed by atoms with Gasteiger partial charge in [0.2, 0.25) is 0 Å². The highest BCUT2D eigenvalue weighted by atomic mass is 35.5. The summed E-state index contributed by atoms with van der Waals surface area (Å²) >= 11 is 5.73. The lowest BCUT2D eigenvalue weighted by atomic mass is 10.1.